The second-order valence-corrected chi connectivity index (χ2v) is 6.65. The monoisotopic (exact) mass is 360 g/mol. The topological polar surface area (TPSA) is 74.8 Å². The van der Waals surface area contributed by atoms with Gasteiger partial charge in [0.05, 0.1) is 13.2 Å². The number of carbonyl (C=O) groups excluding carboxylic acids is 1. The van der Waals surface area contributed by atoms with Gasteiger partial charge in [-0.3, -0.25) is 4.79 Å². The number of guanidine groups is 1. The van der Waals surface area contributed by atoms with Crippen LogP contribution < -0.4 is 20.7 Å². The van der Waals surface area contributed by atoms with Crippen LogP contribution in [-0.2, 0) is 11.3 Å². The van der Waals surface area contributed by atoms with Crippen LogP contribution in [-0.4, -0.2) is 38.1 Å². The van der Waals surface area contributed by atoms with Crippen LogP contribution in [0.25, 0.3) is 0 Å². The Hall–Kier alpha value is -2.24. The average Bonchev–Trinajstić information content (AvgIpc) is 3.47. The molecule has 3 N–H and O–H groups in total. The standard InChI is InChI=1S/C20H32N4O2/c1-4-12-26-18-13-15(3)6-7-17(18)14-24-20(21-5-2)23-11-10-22-19(25)16-8-9-16/h6-7,13,16H,4-5,8-12,14H2,1-3H3,(H,22,25)(H2,21,23,24). The molecule has 144 valence electrons. The predicted octanol–water partition coefficient (Wildman–Crippen LogP) is 2.37. The van der Waals surface area contributed by atoms with Gasteiger partial charge in [-0.15, -0.1) is 0 Å². The summed E-state index contributed by atoms with van der Waals surface area (Å²) in [5.41, 5.74) is 2.25. The van der Waals surface area contributed by atoms with Gasteiger partial charge < -0.3 is 20.7 Å². The molecule has 6 heteroatoms. The Morgan fingerprint density at radius 1 is 1.19 bits per heavy atom. The molecule has 0 radical (unpaired) electrons. The molecule has 1 saturated carbocycles. The van der Waals surface area contributed by atoms with Crippen LogP contribution in [0, 0.1) is 12.8 Å². The Morgan fingerprint density at radius 2 is 1.96 bits per heavy atom. The average molecular weight is 361 g/mol. The molecule has 6 nitrogen and oxygen atoms in total. The van der Waals surface area contributed by atoms with Gasteiger partial charge in [-0.1, -0.05) is 19.1 Å². The van der Waals surface area contributed by atoms with Gasteiger partial charge in [0.15, 0.2) is 5.96 Å². The van der Waals surface area contributed by atoms with E-state index in [1.165, 1.54) is 5.56 Å². The number of nitrogens with zero attached hydrogens (tertiary/aromatic N) is 1. The van der Waals surface area contributed by atoms with Crippen molar-refractivity contribution in [3.05, 3.63) is 29.3 Å². The zero-order valence-electron chi connectivity index (χ0n) is 16.2. The van der Waals surface area contributed by atoms with Crippen LogP contribution in [0.2, 0.25) is 0 Å². The Morgan fingerprint density at radius 3 is 2.65 bits per heavy atom. The predicted molar refractivity (Wildman–Crippen MR) is 106 cm³/mol. The van der Waals surface area contributed by atoms with Gasteiger partial charge in [-0.25, -0.2) is 4.99 Å². The summed E-state index contributed by atoms with van der Waals surface area (Å²) < 4.78 is 5.86. The lowest BCUT2D eigenvalue weighted by Gasteiger charge is -2.13. The van der Waals surface area contributed by atoms with E-state index in [9.17, 15) is 4.79 Å². The zero-order chi connectivity index (χ0) is 18.8. The molecule has 1 aromatic rings. The van der Waals surface area contributed by atoms with E-state index in [1.54, 1.807) is 0 Å². The van der Waals surface area contributed by atoms with Crippen LogP contribution in [0.1, 0.15) is 44.2 Å². The van der Waals surface area contributed by atoms with Crippen molar-refractivity contribution in [3.8, 4) is 5.75 Å². The van der Waals surface area contributed by atoms with Crippen LogP contribution in [0.15, 0.2) is 23.2 Å². The molecule has 0 atom stereocenters. The van der Waals surface area contributed by atoms with Crippen molar-refractivity contribution < 1.29 is 9.53 Å². The highest BCUT2D eigenvalue weighted by atomic mass is 16.5. The van der Waals surface area contributed by atoms with Crippen molar-refractivity contribution in [3.63, 3.8) is 0 Å². The van der Waals surface area contributed by atoms with E-state index < -0.39 is 0 Å². The van der Waals surface area contributed by atoms with E-state index in [-0.39, 0.29) is 11.8 Å². The summed E-state index contributed by atoms with van der Waals surface area (Å²) in [6, 6.07) is 6.22. The number of amides is 1. The maximum Gasteiger partial charge on any atom is 0.223 e. The van der Waals surface area contributed by atoms with Gasteiger partial charge >= 0.3 is 0 Å². The highest BCUT2D eigenvalue weighted by molar-refractivity contribution is 5.81. The summed E-state index contributed by atoms with van der Waals surface area (Å²) in [4.78, 5) is 16.3. The molecule has 0 unspecified atom stereocenters. The van der Waals surface area contributed by atoms with Crippen LogP contribution in [0.5, 0.6) is 5.75 Å². The lowest BCUT2D eigenvalue weighted by atomic mass is 10.1. The fourth-order valence-electron chi connectivity index (χ4n) is 2.50. The van der Waals surface area contributed by atoms with E-state index in [2.05, 4.69) is 53.0 Å². The van der Waals surface area contributed by atoms with Gasteiger partial charge in [0.25, 0.3) is 0 Å². The first-order valence-corrected chi connectivity index (χ1v) is 9.66. The fourth-order valence-corrected chi connectivity index (χ4v) is 2.50. The maximum atomic E-state index is 11.6. The van der Waals surface area contributed by atoms with E-state index in [4.69, 9.17) is 4.74 Å². The third-order valence-corrected chi connectivity index (χ3v) is 4.10. The molecule has 0 heterocycles. The second-order valence-electron chi connectivity index (χ2n) is 6.65. The molecule has 0 aromatic heterocycles. The summed E-state index contributed by atoms with van der Waals surface area (Å²) in [6.45, 7) is 9.49. The van der Waals surface area contributed by atoms with Gasteiger partial charge in [-0.2, -0.15) is 0 Å². The number of aryl methyl sites for hydroxylation is 1. The van der Waals surface area contributed by atoms with E-state index >= 15 is 0 Å². The number of nitrogens with one attached hydrogen (secondary N) is 3. The summed E-state index contributed by atoms with van der Waals surface area (Å²) in [5.74, 6) is 2.07. The minimum absolute atomic E-state index is 0.172. The molecule has 1 fully saturated rings. The molecule has 0 spiro atoms. The van der Waals surface area contributed by atoms with Crippen molar-refractivity contribution in [1.29, 1.82) is 0 Å². The summed E-state index contributed by atoms with van der Waals surface area (Å²) in [5, 5.41) is 9.45. The molecule has 0 saturated heterocycles. The normalized spacial score (nSPS) is 14.0. The molecule has 1 amide bonds. The van der Waals surface area contributed by atoms with E-state index in [0.29, 0.717) is 26.2 Å². The van der Waals surface area contributed by atoms with Gasteiger partial charge in [0.1, 0.15) is 5.75 Å². The lowest BCUT2D eigenvalue weighted by Crippen LogP contribution is -2.41. The van der Waals surface area contributed by atoms with Crippen molar-refractivity contribution in [2.75, 3.05) is 26.2 Å². The first kappa shape index (κ1) is 20.1. The van der Waals surface area contributed by atoms with Crippen LogP contribution in [0.4, 0.5) is 0 Å². The van der Waals surface area contributed by atoms with Crippen molar-refractivity contribution in [1.82, 2.24) is 16.0 Å². The minimum atomic E-state index is 0.172. The SMILES string of the molecule is CCCOc1cc(C)ccc1CN=C(NCC)NCCNC(=O)C1CC1. The fraction of sp³-hybridized carbons (Fsp3) is 0.600. The van der Waals surface area contributed by atoms with Crippen LogP contribution >= 0.6 is 0 Å². The number of hydrogen-bond donors (Lipinski definition) is 3. The molecular weight excluding hydrogens is 328 g/mol. The molecule has 0 aliphatic heterocycles. The number of carbonyl (C=O) groups is 1. The molecule has 1 aliphatic carbocycles. The van der Waals surface area contributed by atoms with Crippen molar-refractivity contribution in [2.24, 2.45) is 10.9 Å². The van der Waals surface area contributed by atoms with Gasteiger partial charge in [-0.05, 0) is 44.7 Å². The third kappa shape index (κ3) is 6.94. The molecule has 26 heavy (non-hydrogen) atoms. The molecule has 0 bridgehead atoms. The number of hydrogen-bond acceptors (Lipinski definition) is 3. The lowest BCUT2D eigenvalue weighted by molar-refractivity contribution is -0.122. The summed E-state index contributed by atoms with van der Waals surface area (Å²) in [7, 11) is 0. The molecule has 1 aliphatic rings. The number of benzene rings is 1. The van der Waals surface area contributed by atoms with E-state index in [1.807, 2.05) is 6.92 Å². The Bertz CT molecular complexity index is 612. The number of aliphatic imine (C=N–C) groups is 1. The summed E-state index contributed by atoms with van der Waals surface area (Å²) in [6.07, 6.45) is 3.04. The highest BCUT2D eigenvalue weighted by Crippen LogP contribution is 2.28. The summed E-state index contributed by atoms with van der Waals surface area (Å²) >= 11 is 0. The molecule has 1 aromatic carbocycles. The maximum absolute atomic E-state index is 11.6. The van der Waals surface area contributed by atoms with Gasteiger partial charge in [0.2, 0.25) is 5.91 Å². The quantitative estimate of drug-likeness (QED) is 0.340. The molecule has 2 rings (SSSR count). The van der Waals surface area contributed by atoms with Crippen molar-refractivity contribution >= 4 is 11.9 Å². The molecular formula is C20H32N4O2. The van der Waals surface area contributed by atoms with E-state index in [0.717, 1.165) is 43.1 Å². The number of ether oxygens (including phenoxy) is 1. The minimum Gasteiger partial charge on any atom is -0.493 e. The Labute approximate surface area is 156 Å². The zero-order valence-corrected chi connectivity index (χ0v) is 16.2. The second kappa shape index (κ2) is 10.7. The Balaban J connectivity index is 1.87. The highest BCUT2D eigenvalue weighted by Gasteiger charge is 2.28. The van der Waals surface area contributed by atoms with Crippen LogP contribution in [0.3, 0.4) is 0 Å². The third-order valence-electron chi connectivity index (χ3n) is 4.10. The smallest absolute Gasteiger partial charge is 0.223 e. The largest absolute Gasteiger partial charge is 0.493 e. The van der Waals surface area contributed by atoms with Crippen molar-refractivity contribution in [2.45, 2.75) is 46.6 Å². The Kier molecular flexibility index (Phi) is 8.25. The first-order chi connectivity index (χ1) is 12.6. The first-order valence-electron chi connectivity index (χ1n) is 9.66. The number of rotatable bonds is 10. The van der Waals surface area contributed by atoms with Gasteiger partial charge in [0, 0.05) is 31.1 Å².